The third-order valence-corrected chi connectivity index (χ3v) is 4.31. The molecule has 1 unspecified atom stereocenters. The number of hydrogen-bond acceptors (Lipinski definition) is 1. The van der Waals surface area contributed by atoms with E-state index in [2.05, 4.69) is 15.9 Å². The maximum atomic E-state index is 12.7. The lowest BCUT2D eigenvalue weighted by Crippen LogP contribution is -2.35. The Morgan fingerprint density at radius 2 is 2.14 bits per heavy atom. The molecule has 0 aliphatic carbocycles. The van der Waals surface area contributed by atoms with Crippen LogP contribution in [0.25, 0.3) is 0 Å². The molecule has 1 aliphatic rings. The number of carbonyl (C=O) groups excluding carboxylic acids is 1. The van der Waals surface area contributed by atoms with Crippen molar-refractivity contribution in [2.75, 3.05) is 11.9 Å². The Kier molecular flexibility index (Phi) is 5.30. The van der Waals surface area contributed by atoms with E-state index in [0.29, 0.717) is 6.54 Å². The Morgan fingerprint density at radius 3 is 2.81 bits per heavy atom. The number of nitrogens with zero attached hydrogens (tertiary/aromatic N) is 1. The second-order valence-electron chi connectivity index (χ2n) is 5.20. The van der Waals surface area contributed by atoms with Crippen LogP contribution in [-0.4, -0.2) is 28.7 Å². The third kappa shape index (κ3) is 3.99. The first-order valence-corrected chi connectivity index (χ1v) is 8.10. The van der Waals surface area contributed by atoms with Crippen LogP contribution in [0.5, 0.6) is 0 Å². The molecule has 1 amide bonds. The summed E-state index contributed by atoms with van der Waals surface area (Å²) in [5, 5.41) is 0.870. The maximum Gasteiger partial charge on any atom is 0.416 e. The first-order valence-electron chi connectivity index (χ1n) is 6.97. The summed E-state index contributed by atoms with van der Waals surface area (Å²) in [5.74, 6) is -0.293. The summed E-state index contributed by atoms with van der Waals surface area (Å²) < 4.78 is 38.2. The van der Waals surface area contributed by atoms with Crippen molar-refractivity contribution in [1.82, 2.24) is 4.90 Å². The van der Waals surface area contributed by atoms with Crippen molar-refractivity contribution in [1.29, 1.82) is 0 Å². The lowest BCUT2D eigenvalue weighted by atomic mass is 10.1. The predicted molar refractivity (Wildman–Crippen MR) is 78.5 cm³/mol. The van der Waals surface area contributed by atoms with E-state index >= 15 is 0 Å². The topological polar surface area (TPSA) is 20.3 Å². The van der Waals surface area contributed by atoms with E-state index < -0.39 is 11.7 Å². The van der Waals surface area contributed by atoms with Crippen LogP contribution in [0, 0.1) is 0 Å². The standard InChI is InChI=1S/C15H17BrF3NO/c16-8-2-6-13-7-3-9-20(13)14(21)11-4-1-5-12(10-11)15(17,18)19/h1,4-5,10,13H,2-3,6-9H2. The zero-order valence-electron chi connectivity index (χ0n) is 11.5. The summed E-state index contributed by atoms with van der Waals surface area (Å²) in [5.41, 5.74) is -0.653. The Morgan fingerprint density at radius 1 is 1.38 bits per heavy atom. The predicted octanol–water partition coefficient (Wildman–Crippen LogP) is 4.49. The molecule has 0 bridgehead atoms. The van der Waals surface area contributed by atoms with Crippen LogP contribution in [0.4, 0.5) is 13.2 Å². The Balaban J connectivity index is 2.16. The van der Waals surface area contributed by atoms with E-state index in [4.69, 9.17) is 0 Å². The average molecular weight is 364 g/mol. The SMILES string of the molecule is O=C(c1cccc(C(F)(F)F)c1)N1CCCC1CCCBr. The minimum atomic E-state index is -4.42. The van der Waals surface area contributed by atoms with Crippen molar-refractivity contribution in [3.63, 3.8) is 0 Å². The van der Waals surface area contributed by atoms with Crippen molar-refractivity contribution in [3.8, 4) is 0 Å². The first kappa shape index (κ1) is 16.3. The molecule has 1 atom stereocenters. The zero-order chi connectivity index (χ0) is 15.5. The van der Waals surface area contributed by atoms with Crippen LogP contribution in [0.2, 0.25) is 0 Å². The van der Waals surface area contributed by atoms with E-state index in [-0.39, 0.29) is 17.5 Å². The fourth-order valence-electron chi connectivity index (χ4n) is 2.71. The number of rotatable bonds is 4. The molecule has 0 N–H and O–H groups in total. The maximum absolute atomic E-state index is 12.7. The Hall–Kier alpha value is -1.04. The lowest BCUT2D eigenvalue weighted by Gasteiger charge is -2.25. The Bertz CT molecular complexity index is 504. The van der Waals surface area contributed by atoms with Crippen LogP contribution in [-0.2, 0) is 6.18 Å². The molecule has 1 saturated heterocycles. The van der Waals surface area contributed by atoms with Crippen molar-refractivity contribution >= 4 is 21.8 Å². The fraction of sp³-hybridized carbons (Fsp3) is 0.533. The molecule has 116 valence electrons. The van der Waals surface area contributed by atoms with E-state index in [9.17, 15) is 18.0 Å². The number of alkyl halides is 4. The minimum Gasteiger partial charge on any atom is -0.336 e. The van der Waals surface area contributed by atoms with Gasteiger partial charge in [0, 0.05) is 23.5 Å². The number of benzene rings is 1. The molecule has 1 heterocycles. The molecule has 21 heavy (non-hydrogen) atoms. The van der Waals surface area contributed by atoms with E-state index in [0.717, 1.165) is 43.1 Å². The summed E-state index contributed by atoms with van der Waals surface area (Å²) in [6.45, 7) is 0.627. The molecule has 6 heteroatoms. The van der Waals surface area contributed by atoms with Gasteiger partial charge in [0.1, 0.15) is 0 Å². The van der Waals surface area contributed by atoms with Gasteiger partial charge in [-0.15, -0.1) is 0 Å². The second-order valence-corrected chi connectivity index (χ2v) is 6.00. The highest BCUT2D eigenvalue weighted by Crippen LogP contribution is 2.30. The number of amides is 1. The highest BCUT2D eigenvalue weighted by Gasteiger charge is 2.33. The van der Waals surface area contributed by atoms with Crippen LogP contribution < -0.4 is 0 Å². The summed E-state index contributed by atoms with van der Waals surface area (Å²) in [6, 6.07) is 4.83. The van der Waals surface area contributed by atoms with Crippen LogP contribution >= 0.6 is 15.9 Å². The summed E-state index contributed by atoms with van der Waals surface area (Å²) >= 11 is 3.36. The number of hydrogen-bond donors (Lipinski definition) is 0. The molecule has 1 fully saturated rings. The molecular formula is C15H17BrF3NO. The smallest absolute Gasteiger partial charge is 0.336 e. The third-order valence-electron chi connectivity index (χ3n) is 3.75. The molecule has 1 aliphatic heterocycles. The molecule has 0 aromatic heterocycles. The molecule has 0 radical (unpaired) electrons. The van der Waals surface area contributed by atoms with E-state index in [1.807, 2.05) is 0 Å². The van der Waals surface area contributed by atoms with Gasteiger partial charge in [-0.25, -0.2) is 0 Å². The first-order chi connectivity index (χ1) is 9.93. The number of likely N-dealkylation sites (tertiary alicyclic amines) is 1. The molecule has 2 rings (SSSR count). The fourth-order valence-corrected chi connectivity index (χ4v) is 3.03. The van der Waals surface area contributed by atoms with E-state index in [1.165, 1.54) is 12.1 Å². The lowest BCUT2D eigenvalue weighted by molar-refractivity contribution is -0.137. The van der Waals surface area contributed by atoms with Gasteiger partial charge < -0.3 is 4.90 Å². The highest BCUT2D eigenvalue weighted by atomic mass is 79.9. The van der Waals surface area contributed by atoms with Crippen molar-refractivity contribution < 1.29 is 18.0 Å². The van der Waals surface area contributed by atoms with Gasteiger partial charge in [0.15, 0.2) is 0 Å². The molecule has 2 nitrogen and oxygen atoms in total. The van der Waals surface area contributed by atoms with E-state index in [1.54, 1.807) is 4.90 Å². The van der Waals surface area contributed by atoms with Gasteiger partial charge in [0.05, 0.1) is 5.56 Å². The normalized spacial score (nSPS) is 19.0. The Labute approximate surface area is 130 Å². The van der Waals surface area contributed by atoms with Crippen molar-refractivity contribution in [3.05, 3.63) is 35.4 Å². The molecule has 0 spiro atoms. The summed E-state index contributed by atoms with van der Waals surface area (Å²) in [4.78, 5) is 14.2. The molecule has 1 aromatic carbocycles. The second kappa shape index (κ2) is 6.81. The van der Waals surface area contributed by atoms with Gasteiger partial charge in [0.2, 0.25) is 0 Å². The van der Waals surface area contributed by atoms with Gasteiger partial charge in [-0.3, -0.25) is 4.79 Å². The summed E-state index contributed by atoms with van der Waals surface area (Å²) in [7, 11) is 0. The monoisotopic (exact) mass is 363 g/mol. The molecule has 0 saturated carbocycles. The van der Waals surface area contributed by atoms with Gasteiger partial charge in [0.25, 0.3) is 5.91 Å². The van der Waals surface area contributed by atoms with Gasteiger partial charge >= 0.3 is 6.18 Å². The summed E-state index contributed by atoms with van der Waals surface area (Å²) in [6.07, 6.45) is -0.737. The van der Waals surface area contributed by atoms with Gasteiger partial charge in [-0.2, -0.15) is 13.2 Å². The van der Waals surface area contributed by atoms with Crippen LogP contribution in [0.1, 0.15) is 41.6 Å². The minimum absolute atomic E-state index is 0.121. The quantitative estimate of drug-likeness (QED) is 0.722. The van der Waals surface area contributed by atoms with Crippen LogP contribution in [0.3, 0.4) is 0 Å². The number of carbonyl (C=O) groups is 1. The van der Waals surface area contributed by atoms with Crippen LogP contribution in [0.15, 0.2) is 24.3 Å². The van der Waals surface area contributed by atoms with Crippen molar-refractivity contribution in [2.45, 2.75) is 37.9 Å². The molecule has 1 aromatic rings. The average Bonchev–Trinajstić information content (AvgIpc) is 2.92. The number of halogens is 4. The largest absolute Gasteiger partial charge is 0.416 e. The van der Waals surface area contributed by atoms with Gasteiger partial charge in [-0.05, 0) is 43.9 Å². The van der Waals surface area contributed by atoms with Gasteiger partial charge in [-0.1, -0.05) is 22.0 Å². The highest BCUT2D eigenvalue weighted by molar-refractivity contribution is 9.09. The zero-order valence-corrected chi connectivity index (χ0v) is 13.1. The van der Waals surface area contributed by atoms with Crippen molar-refractivity contribution in [2.24, 2.45) is 0 Å². The molecular weight excluding hydrogens is 347 g/mol.